The fraction of sp³-hybridized carbons (Fsp3) is 0.571. The van der Waals surface area contributed by atoms with E-state index in [0.717, 1.165) is 9.14 Å². The number of benzene rings is 1. The van der Waals surface area contributed by atoms with E-state index in [1.807, 2.05) is 30.3 Å². The molecule has 0 aliphatic rings. The number of carbonyl (C=O) groups excluding carboxylic acids is 1. The third kappa shape index (κ3) is 8.93. The zero-order valence-electron chi connectivity index (χ0n) is 16.0. The van der Waals surface area contributed by atoms with Crippen LogP contribution in [0.25, 0.3) is 3.58 Å². The molecule has 1 rings (SSSR count). The monoisotopic (exact) mass is 564 g/mol. The maximum atomic E-state index is 12.7. The van der Waals surface area contributed by atoms with Crippen LogP contribution in [-0.2, 0) is 7.87 Å². The molecule has 0 atom stereocenters. The van der Waals surface area contributed by atoms with Gasteiger partial charge in [0.15, 0.2) is 0 Å². The Hall–Kier alpha value is -0.0413. The molecule has 0 fully saturated rings. The summed E-state index contributed by atoms with van der Waals surface area (Å²) in [5, 5.41) is 0. The van der Waals surface area contributed by atoms with Gasteiger partial charge >= 0.3 is 173 Å². The van der Waals surface area contributed by atoms with Crippen molar-refractivity contribution in [3.63, 3.8) is 0 Å². The van der Waals surface area contributed by atoms with E-state index in [2.05, 4.69) is 43.4 Å². The molecule has 0 aromatic heterocycles. The van der Waals surface area contributed by atoms with E-state index in [9.17, 15) is 4.79 Å². The fourth-order valence-electron chi connectivity index (χ4n) is 3.05. The Morgan fingerprint density at radius 3 is 1.88 bits per heavy atom. The number of hydrogen-bond acceptors (Lipinski definition) is 2. The fourth-order valence-corrected chi connectivity index (χ4v) is 16.6. The van der Waals surface area contributed by atoms with Crippen molar-refractivity contribution in [1.29, 1.82) is 0 Å². The van der Waals surface area contributed by atoms with Gasteiger partial charge in [-0.25, -0.2) is 0 Å². The van der Waals surface area contributed by atoms with Crippen LogP contribution in [0.3, 0.4) is 0 Å². The van der Waals surface area contributed by atoms with Gasteiger partial charge in [0.25, 0.3) is 0 Å². The first-order chi connectivity index (χ1) is 12.1. The quantitative estimate of drug-likeness (QED) is 0.151. The molecule has 0 radical (unpaired) electrons. The van der Waals surface area contributed by atoms with E-state index in [1.54, 1.807) is 6.08 Å². The first-order valence-electron chi connectivity index (χ1n) is 9.72. The standard InChI is InChI=1S/C9H7IO2.3C4H9.Sn/c10-8(6-9(11)12)7-4-2-1-3-5-7;3*1-3-4-2;/h1-6H,(H,11,12);3*1,3-4H2,2H3;/q;;;;+1/p-1/b8-6-;;;;. The number of hydrogen-bond donors (Lipinski definition) is 0. The van der Waals surface area contributed by atoms with Crippen molar-refractivity contribution in [3.05, 3.63) is 42.0 Å². The van der Waals surface area contributed by atoms with Crippen molar-refractivity contribution in [2.75, 3.05) is 0 Å². The predicted octanol–water partition coefficient (Wildman–Crippen LogP) is 7.35. The van der Waals surface area contributed by atoms with Crippen LogP contribution in [0.15, 0.2) is 36.4 Å². The second-order valence-corrected chi connectivity index (χ2v) is 19.6. The summed E-state index contributed by atoms with van der Waals surface area (Å²) in [5.74, 6) is -0.104. The van der Waals surface area contributed by atoms with Gasteiger partial charge in [-0.15, -0.1) is 0 Å². The van der Waals surface area contributed by atoms with Gasteiger partial charge in [-0.1, -0.05) is 0 Å². The van der Waals surface area contributed by atoms with Crippen LogP contribution in [-0.4, -0.2) is 24.8 Å². The van der Waals surface area contributed by atoms with Crippen molar-refractivity contribution >= 4 is 50.9 Å². The van der Waals surface area contributed by atoms with Gasteiger partial charge in [0.1, 0.15) is 0 Å². The Morgan fingerprint density at radius 1 is 0.960 bits per heavy atom. The number of rotatable bonds is 12. The summed E-state index contributed by atoms with van der Waals surface area (Å²) in [5.41, 5.74) is 1.08. The molecule has 0 N–H and O–H groups in total. The average molecular weight is 563 g/mol. The summed E-state index contributed by atoms with van der Waals surface area (Å²) in [4.78, 5) is 12.7. The van der Waals surface area contributed by atoms with E-state index in [4.69, 9.17) is 3.07 Å². The minimum atomic E-state index is -2.86. The summed E-state index contributed by atoms with van der Waals surface area (Å²) >= 11 is -0.612. The molecular formula is C21H33IO2Sn. The van der Waals surface area contributed by atoms with Gasteiger partial charge in [0.05, 0.1) is 0 Å². The van der Waals surface area contributed by atoms with Gasteiger partial charge in [0.2, 0.25) is 0 Å². The molecule has 0 saturated carbocycles. The van der Waals surface area contributed by atoms with Crippen molar-refractivity contribution in [2.45, 2.75) is 72.6 Å². The van der Waals surface area contributed by atoms with E-state index in [1.165, 1.54) is 51.8 Å². The van der Waals surface area contributed by atoms with Gasteiger partial charge in [0, 0.05) is 0 Å². The van der Waals surface area contributed by atoms with Gasteiger partial charge < -0.3 is 0 Å². The van der Waals surface area contributed by atoms with Crippen molar-refractivity contribution in [1.82, 2.24) is 0 Å². The number of unbranched alkanes of at least 4 members (excludes halogenated alkanes) is 3. The molecule has 0 bridgehead atoms. The molecule has 1 aromatic rings. The molecule has 4 heteroatoms. The molecule has 0 saturated heterocycles. The second kappa shape index (κ2) is 13.2. The van der Waals surface area contributed by atoms with Gasteiger partial charge in [-0.05, 0) is 0 Å². The third-order valence-corrected chi connectivity index (χ3v) is 18.1. The van der Waals surface area contributed by atoms with Crippen LogP contribution in [0.5, 0.6) is 0 Å². The first-order valence-corrected chi connectivity index (χ1v) is 18.0. The molecule has 0 heterocycles. The first kappa shape index (κ1) is 23.0. The molecule has 0 aliphatic carbocycles. The van der Waals surface area contributed by atoms with Crippen molar-refractivity contribution in [2.24, 2.45) is 0 Å². The van der Waals surface area contributed by atoms with Crippen LogP contribution in [0.4, 0.5) is 0 Å². The molecule has 0 aliphatic heterocycles. The summed E-state index contributed by atoms with van der Waals surface area (Å²) < 4.78 is 10.9. The van der Waals surface area contributed by atoms with Crippen LogP contribution < -0.4 is 0 Å². The van der Waals surface area contributed by atoms with E-state index in [-0.39, 0.29) is 5.97 Å². The Bertz CT molecular complexity index is 506. The van der Waals surface area contributed by atoms with Crippen molar-refractivity contribution in [3.8, 4) is 0 Å². The van der Waals surface area contributed by atoms with Crippen LogP contribution in [0.2, 0.25) is 13.3 Å². The van der Waals surface area contributed by atoms with E-state index in [0.29, 0.717) is 0 Å². The van der Waals surface area contributed by atoms with Crippen LogP contribution >= 0.6 is 22.6 Å². The molecule has 1 aromatic carbocycles. The maximum absolute atomic E-state index is 12.7. The summed E-state index contributed by atoms with van der Waals surface area (Å²) in [6.07, 6.45) is 8.87. The number of halogens is 1. The zero-order valence-corrected chi connectivity index (χ0v) is 21.0. The van der Waals surface area contributed by atoms with E-state index < -0.39 is 18.8 Å². The molecule has 0 spiro atoms. The van der Waals surface area contributed by atoms with Crippen LogP contribution in [0.1, 0.15) is 64.9 Å². The molecular weight excluding hydrogens is 530 g/mol. The minimum absolute atomic E-state index is 0.104. The molecule has 2 nitrogen and oxygen atoms in total. The Labute approximate surface area is 172 Å². The Morgan fingerprint density at radius 2 is 1.44 bits per heavy atom. The molecule has 25 heavy (non-hydrogen) atoms. The summed E-state index contributed by atoms with van der Waals surface area (Å²) in [6, 6.07) is 10.1. The Kier molecular flexibility index (Phi) is 12.1. The third-order valence-electron chi connectivity index (χ3n) is 4.57. The topological polar surface area (TPSA) is 26.3 Å². The second-order valence-electron chi connectivity index (χ2n) is 6.77. The van der Waals surface area contributed by atoms with Crippen LogP contribution in [0, 0.1) is 0 Å². The predicted molar refractivity (Wildman–Crippen MR) is 119 cm³/mol. The van der Waals surface area contributed by atoms with Gasteiger partial charge in [-0.2, -0.15) is 0 Å². The van der Waals surface area contributed by atoms with Crippen molar-refractivity contribution < 1.29 is 7.87 Å². The zero-order chi connectivity index (χ0) is 18.5. The van der Waals surface area contributed by atoms with E-state index >= 15 is 0 Å². The van der Waals surface area contributed by atoms with Gasteiger partial charge in [-0.3, -0.25) is 0 Å². The normalized spacial score (nSPS) is 12.2. The average Bonchev–Trinajstić information content (AvgIpc) is 2.63. The number of carbonyl (C=O) groups is 1. The SMILES string of the molecule is CCC[CH2][Sn]([CH2]CCC)([CH2]CCC)[O]C(=O)/C=C(\I)c1ccccc1. The molecule has 0 unspecified atom stereocenters. The molecule has 140 valence electrons. The Balaban J connectivity index is 2.90. The molecule has 0 amide bonds. The summed E-state index contributed by atoms with van der Waals surface area (Å²) in [6.45, 7) is 6.70. The summed E-state index contributed by atoms with van der Waals surface area (Å²) in [7, 11) is 0.